The molecule has 0 aliphatic carbocycles. The van der Waals surface area contributed by atoms with E-state index in [1.165, 1.54) is 10.9 Å². The molecule has 0 radical (unpaired) electrons. The predicted octanol–water partition coefficient (Wildman–Crippen LogP) is -5.57. The second-order valence-corrected chi connectivity index (χ2v) is 4.50. The number of nitrogen functional groups attached to an aromatic ring is 1. The number of nitrogens with zero attached hydrogens (tertiary/aromatic N) is 3. The van der Waals surface area contributed by atoms with Gasteiger partial charge in [-0.2, -0.15) is 4.98 Å². The maximum Gasteiger partial charge on any atom is 1.00 e. The third-order valence-electron chi connectivity index (χ3n) is 3.24. The van der Waals surface area contributed by atoms with Crippen LogP contribution in [0.25, 0.3) is 11.2 Å². The van der Waals surface area contributed by atoms with E-state index in [1.54, 1.807) is 0 Å². The first-order valence-corrected chi connectivity index (χ1v) is 5.87. The third kappa shape index (κ3) is 2.59. The van der Waals surface area contributed by atoms with Gasteiger partial charge in [-0.25, -0.2) is 4.98 Å². The van der Waals surface area contributed by atoms with Gasteiger partial charge in [0, 0.05) is 0 Å². The van der Waals surface area contributed by atoms with Crippen molar-refractivity contribution in [3.05, 3.63) is 16.7 Å². The van der Waals surface area contributed by atoms with E-state index in [0.29, 0.717) is 0 Å². The summed E-state index contributed by atoms with van der Waals surface area (Å²) in [6.07, 6.45) is -3.21. The van der Waals surface area contributed by atoms with Crippen molar-refractivity contribution in [2.24, 2.45) is 0 Å². The van der Waals surface area contributed by atoms with Crippen LogP contribution in [-0.2, 0) is 4.74 Å². The molecule has 21 heavy (non-hydrogen) atoms. The Morgan fingerprint density at radius 2 is 2.19 bits per heavy atom. The van der Waals surface area contributed by atoms with E-state index in [4.69, 9.17) is 15.6 Å². The Morgan fingerprint density at radius 3 is 2.81 bits per heavy atom. The molecule has 10 nitrogen and oxygen atoms in total. The minimum atomic E-state index is -1.29. The molecule has 0 unspecified atom stereocenters. The number of aliphatic hydroxyl groups excluding tert-OH is 3. The monoisotopic (exact) mass is 307 g/mol. The van der Waals surface area contributed by atoms with Gasteiger partial charge in [0.25, 0.3) is 5.56 Å². The molecule has 2 aromatic rings. The van der Waals surface area contributed by atoms with Gasteiger partial charge in [-0.15, -0.1) is 0 Å². The van der Waals surface area contributed by atoms with Crippen molar-refractivity contribution in [3.63, 3.8) is 0 Å². The molecular formula is C10H14N5NaO5. The van der Waals surface area contributed by atoms with Crippen molar-refractivity contribution in [1.29, 1.82) is 0 Å². The number of aromatic nitrogens is 4. The molecule has 110 valence electrons. The summed E-state index contributed by atoms with van der Waals surface area (Å²) >= 11 is 0. The first-order valence-electron chi connectivity index (χ1n) is 5.87. The number of H-pyrrole nitrogens is 1. The first kappa shape index (κ1) is 16.4. The molecular weight excluding hydrogens is 293 g/mol. The molecule has 6 N–H and O–H groups in total. The largest absolute Gasteiger partial charge is 1.00 e. The van der Waals surface area contributed by atoms with Gasteiger partial charge in [0.2, 0.25) is 5.95 Å². The molecule has 0 bridgehead atoms. The van der Waals surface area contributed by atoms with Crippen LogP contribution in [0.15, 0.2) is 11.1 Å². The van der Waals surface area contributed by atoms with Crippen LogP contribution in [0, 0.1) is 0 Å². The normalized spacial score (nSPS) is 28.7. The van der Waals surface area contributed by atoms with Crippen molar-refractivity contribution in [1.82, 2.24) is 19.5 Å². The molecule has 1 aliphatic heterocycles. The van der Waals surface area contributed by atoms with Gasteiger partial charge in [0.05, 0.1) is 12.9 Å². The quantitative estimate of drug-likeness (QED) is 0.343. The van der Waals surface area contributed by atoms with Crippen molar-refractivity contribution >= 4 is 17.1 Å². The molecule has 2 aromatic heterocycles. The van der Waals surface area contributed by atoms with Gasteiger partial charge in [0.15, 0.2) is 17.4 Å². The van der Waals surface area contributed by atoms with Gasteiger partial charge in [-0.05, 0) is 0 Å². The predicted molar refractivity (Wildman–Crippen MR) is 66.7 cm³/mol. The molecule has 0 aromatic carbocycles. The summed E-state index contributed by atoms with van der Waals surface area (Å²) in [5.41, 5.74) is 5.12. The van der Waals surface area contributed by atoms with Crippen LogP contribution in [-0.4, -0.2) is 59.8 Å². The number of hydrogen-bond acceptors (Lipinski definition) is 8. The van der Waals surface area contributed by atoms with E-state index in [0.717, 1.165) is 0 Å². The summed E-state index contributed by atoms with van der Waals surface area (Å²) in [6.45, 7) is -0.447. The molecule has 4 atom stereocenters. The van der Waals surface area contributed by atoms with Gasteiger partial charge >= 0.3 is 29.6 Å². The number of aromatic amines is 1. The molecule has 3 heterocycles. The fourth-order valence-corrected chi connectivity index (χ4v) is 2.24. The van der Waals surface area contributed by atoms with Crippen molar-refractivity contribution < 1.29 is 51.0 Å². The molecule has 0 spiro atoms. The smallest absolute Gasteiger partial charge is 1.00 e. The SMILES string of the molecule is Nc1nc2c(ncn2[C@@H]2O[C@H](CO)[C@@H](O)[C@H]2O)c(=O)[nH]1.[H-].[Na+]. The number of anilines is 1. The average molecular weight is 307 g/mol. The Balaban J connectivity index is 0.00000121. The fourth-order valence-electron chi connectivity index (χ4n) is 2.24. The minimum absolute atomic E-state index is 0. The zero-order valence-corrected chi connectivity index (χ0v) is 13.2. The molecule has 0 amide bonds. The zero-order valence-electron chi connectivity index (χ0n) is 12.2. The van der Waals surface area contributed by atoms with Gasteiger partial charge in [0.1, 0.15) is 18.3 Å². The number of hydrogen-bond donors (Lipinski definition) is 5. The maximum atomic E-state index is 11.7. The van der Waals surface area contributed by atoms with Crippen LogP contribution >= 0.6 is 0 Å². The average Bonchev–Trinajstić information content (AvgIpc) is 2.93. The summed E-state index contributed by atoms with van der Waals surface area (Å²) in [5.74, 6) is -0.101. The van der Waals surface area contributed by atoms with E-state index in [2.05, 4.69) is 15.0 Å². The number of nitrogens with one attached hydrogen (secondary N) is 1. The van der Waals surface area contributed by atoms with Crippen molar-refractivity contribution in [3.8, 4) is 0 Å². The van der Waals surface area contributed by atoms with Gasteiger partial charge in [-0.1, -0.05) is 0 Å². The molecule has 0 saturated carbocycles. The Hall–Kier alpha value is -1.01. The number of imidazole rings is 1. The van der Waals surface area contributed by atoms with E-state index >= 15 is 0 Å². The second-order valence-electron chi connectivity index (χ2n) is 4.50. The maximum absolute atomic E-state index is 11.7. The fraction of sp³-hybridized carbons (Fsp3) is 0.500. The minimum Gasteiger partial charge on any atom is -1.00 e. The Kier molecular flexibility index (Phi) is 4.68. The standard InChI is InChI=1S/C10H13N5O5.Na.H/c11-10-13-7-4(8(19)14-10)12-2-15(7)9-6(18)5(17)3(1-16)20-9;;/h2-3,5-6,9,16-18H,1H2,(H3,11,13,14,19);;/q;+1;-1/t3-,5-,6-,9-;;/m1../s1. The molecule has 1 fully saturated rings. The van der Waals surface area contributed by atoms with E-state index in [-0.39, 0.29) is 48.1 Å². The van der Waals surface area contributed by atoms with Crippen LogP contribution in [0.1, 0.15) is 7.65 Å². The topological polar surface area (TPSA) is 160 Å². The Morgan fingerprint density at radius 1 is 1.48 bits per heavy atom. The summed E-state index contributed by atoms with van der Waals surface area (Å²) in [4.78, 5) is 21.8. The number of rotatable bonds is 2. The van der Waals surface area contributed by atoms with Gasteiger partial charge in [-0.3, -0.25) is 14.3 Å². The van der Waals surface area contributed by atoms with E-state index in [1.807, 2.05) is 0 Å². The summed E-state index contributed by atoms with van der Waals surface area (Å²) in [7, 11) is 0. The first-order chi connectivity index (χ1) is 9.52. The van der Waals surface area contributed by atoms with Gasteiger partial charge < -0.3 is 27.2 Å². The van der Waals surface area contributed by atoms with Crippen LogP contribution in [0.2, 0.25) is 0 Å². The number of nitrogens with two attached hydrogens (primary N) is 1. The van der Waals surface area contributed by atoms with E-state index in [9.17, 15) is 15.0 Å². The molecule has 1 saturated heterocycles. The Labute approximate surface area is 141 Å². The van der Waals surface area contributed by atoms with Crippen LogP contribution in [0.5, 0.6) is 0 Å². The number of aliphatic hydroxyl groups is 3. The van der Waals surface area contributed by atoms with Crippen LogP contribution in [0.3, 0.4) is 0 Å². The molecule has 1 aliphatic rings. The van der Waals surface area contributed by atoms with Crippen LogP contribution < -0.4 is 40.9 Å². The number of ether oxygens (including phenoxy) is 1. The van der Waals surface area contributed by atoms with Crippen LogP contribution in [0.4, 0.5) is 5.95 Å². The van der Waals surface area contributed by atoms with Crippen molar-refractivity contribution in [2.45, 2.75) is 24.5 Å². The third-order valence-corrected chi connectivity index (χ3v) is 3.24. The molecule has 3 rings (SSSR count). The number of fused-ring (bicyclic) bond motifs is 1. The summed E-state index contributed by atoms with van der Waals surface area (Å²) in [6, 6.07) is 0. The van der Waals surface area contributed by atoms with Crippen molar-refractivity contribution in [2.75, 3.05) is 12.3 Å². The summed E-state index contributed by atoms with van der Waals surface area (Å²) in [5, 5.41) is 28.7. The van der Waals surface area contributed by atoms with E-state index < -0.39 is 36.7 Å². The Bertz CT molecular complexity index is 709. The second kappa shape index (κ2) is 6.01. The molecule has 11 heteroatoms. The zero-order chi connectivity index (χ0) is 14.4. The summed E-state index contributed by atoms with van der Waals surface area (Å²) < 4.78 is 6.64.